The van der Waals surface area contributed by atoms with Crippen LogP contribution >= 0.6 is 27.3 Å². The van der Waals surface area contributed by atoms with Gasteiger partial charge in [-0.3, -0.25) is 20.2 Å². The lowest BCUT2D eigenvalue weighted by Crippen LogP contribution is -2.13. The number of carbonyl (C=O) groups is 1. The summed E-state index contributed by atoms with van der Waals surface area (Å²) in [6, 6.07) is 9.80. The van der Waals surface area contributed by atoms with E-state index in [1.54, 1.807) is 18.2 Å². The van der Waals surface area contributed by atoms with Gasteiger partial charge in [-0.05, 0) is 30.7 Å². The maximum Gasteiger partial charge on any atom is 0.270 e. The number of thiazole rings is 1. The molecule has 1 N–H and O–H groups in total. The summed E-state index contributed by atoms with van der Waals surface area (Å²) in [5.41, 5.74) is 2.00. The van der Waals surface area contributed by atoms with Crippen molar-refractivity contribution in [3.05, 3.63) is 62.1 Å². The molecule has 0 saturated carbocycles. The third-order valence-corrected chi connectivity index (χ3v) is 5.11. The second-order valence-corrected chi connectivity index (χ2v) is 6.68. The van der Waals surface area contributed by atoms with Gasteiger partial charge < -0.3 is 0 Å². The Morgan fingerprint density at radius 1 is 1.35 bits per heavy atom. The zero-order chi connectivity index (χ0) is 16.6. The number of carbonyl (C=O) groups excluding carboxylic acids is 1. The minimum absolute atomic E-state index is 0.00172. The molecule has 0 spiro atoms. The van der Waals surface area contributed by atoms with Crippen LogP contribution in [0.4, 0.5) is 10.8 Å². The van der Waals surface area contributed by atoms with Crippen molar-refractivity contribution in [1.82, 2.24) is 4.98 Å². The molecular formula is C15H10BrN3O3S. The minimum Gasteiger partial charge on any atom is -0.298 e. The van der Waals surface area contributed by atoms with Crippen LogP contribution < -0.4 is 5.32 Å². The summed E-state index contributed by atoms with van der Waals surface area (Å²) in [6.45, 7) is 1.85. The SMILES string of the molecule is Cc1c(Br)cccc1C(=O)Nc1nc2ccc([N+](=O)[O-])cc2s1. The van der Waals surface area contributed by atoms with E-state index in [9.17, 15) is 14.9 Å². The Kier molecular flexibility index (Phi) is 4.10. The number of rotatable bonds is 3. The summed E-state index contributed by atoms with van der Waals surface area (Å²) in [5.74, 6) is -0.266. The smallest absolute Gasteiger partial charge is 0.270 e. The molecule has 0 aliphatic heterocycles. The highest BCUT2D eigenvalue weighted by atomic mass is 79.9. The Morgan fingerprint density at radius 2 is 2.13 bits per heavy atom. The van der Waals surface area contributed by atoms with Crippen molar-refractivity contribution in [2.75, 3.05) is 5.32 Å². The number of nitro groups is 1. The highest BCUT2D eigenvalue weighted by Crippen LogP contribution is 2.29. The van der Waals surface area contributed by atoms with Crippen molar-refractivity contribution in [2.24, 2.45) is 0 Å². The first-order chi connectivity index (χ1) is 11.0. The van der Waals surface area contributed by atoms with Crippen LogP contribution in [-0.4, -0.2) is 15.8 Å². The predicted molar refractivity (Wildman–Crippen MR) is 93.1 cm³/mol. The molecule has 8 heteroatoms. The van der Waals surface area contributed by atoms with Gasteiger partial charge in [0, 0.05) is 22.2 Å². The first-order valence-corrected chi connectivity index (χ1v) is 8.18. The number of hydrogen-bond donors (Lipinski definition) is 1. The van der Waals surface area contributed by atoms with Gasteiger partial charge in [-0.15, -0.1) is 0 Å². The van der Waals surface area contributed by atoms with Crippen LogP contribution in [0.1, 0.15) is 15.9 Å². The molecule has 3 aromatic rings. The van der Waals surface area contributed by atoms with Gasteiger partial charge in [0.2, 0.25) is 0 Å². The molecule has 0 saturated heterocycles. The number of nitrogens with one attached hydrogen (secondary N) is 1. The second-order valence-electron chi connectivity index (χ2n) is 4.79. The molecule has 23 heavy (non-hydrogen) atoms. The maximum absolute atomic E-state index is 12.4. The number of nitrogens with zero attached hydrogens (tertiary/aromatic N) is 2. The largest absolute Gasteiger partial charge is 0.298 e. The van der Waals surface area contributed by atoms with Gasteiger partial charge in [-0.2, -0.15) is 0 Å². The minimum atomic E-state index is -0.456. The number of hydrogen-bond acceptors (Lipinski definition) is 5. The van der Waals surface area contributed by atoms with Crippen molar-refractivity contribution in [3.63, 3.8) is 0 Å². The summed E-state index contributed by atoms with van der Waals surface area (Å²) in [4.78, 5) is 27.0. The first kappa shape index (κ1) is 15.6. The molecule has 0 aliphatic rings. The molecule has 2 aromatic carbocycles. The van der Waals surface area contributed by atoms with Gasteiger partial charge in [0.1, 0.15) is 0 Å². The molecular weight excluding hydrogens is 382 g/mol. The van der Waals surface area contributed by atoms with Gasteiger partial charge in [0.05, 0.1) is 15.1 Å². The quantitative estimate of drug-likeness (QED) is 0.524. The fourth-order valence-electron chi connectivity index (χ4n) is 2.10. The van der Waals surface area contributed by atoms with Crippen LogP contribution in [0.2, 0.25) is 0 Å². The fourth-order valence-corrected chi connectivity index (χ4v) is 3.36. The zero-order valence-electron chi connectivity index (χ0n) is 11.9. The molecule has 3 rings (SSSR count). The molecule has 0 bridgehead atoms. The van der Waals surface area contributed by atoms with Crippen LogP contribution in [0.25, 0.3) is 10.2 Å². The molecule has 0 radical (unpaired) electrons. The molecule has 0 fully saturated rings. The summed E-state index contributed by atoms with van der Waals surface area (Å²) in [6.07, 6.45) is 0. The number of nitro benzene ring substituents is 1. The average Bonchev–Trinajstić information content (AvgIpc) is 2.90. The third kappa shape index (κ3) is 3.08. The van der Waals surface area contributed by atoms with Crippen molar-refractivity contribution in [1.29, 1.82) is 0 Å². The number of benzene rings is 2. The van der Waals surface area contributed by atoms with Gasteiger partial charge >= 0.3 is 0 Å². The number of amides is 1. The normalized spacial score (nSPS) is 10.7. The fraction of sp³-hybridized carbons (Fsp3) is 0.0667. The molecule has 0 atom stereocenters. The molecule has 1 aromatic heterocycles. The van der Waals surface area contributed by atoms with Crippen molar-refractivity contribution >= 4 is 54.2 Å². The highest BCUT2D eigenvalue weighted by Gasteiger charge is 2.15. The van der Waals surface area contributed by atoms with Gasteiger partial charge in [-0.1, -0.05) is 33.3 Å². The Hall–Kier alpha value is -2.32. The third-order valence-electron chi connectivity index (χ3n) is 3.32. The number of fused-ring (bicyclic) bond motifs is 1. The molecule has 1 amide bonds. The number of anilines is 1. The van der Waals surface area contributed by atoms with Crippen molar-refractivity contribution in [2.45, 2.75) is 6.92 Å². The number of aromatic nitrogens is 1. The Labute approximate surface area is 143 Å². The van der Waals surface area contributed by atoms with Crippen LogP contribution in [-0.2, 0) is 0 Å². The van der Waals surface area contributed by atoms with Crippen LogP contribution in [0.15, 0.2) is 40.9 Å². The van der Waals surface area contributed by atoms with Crippen molar-refractivity contribution in [3.8, 4) is 0 Å². The van der Waals surface area contributed by atoms with Gasteiger partial charge in [-0.25, -0.2) is 4.98 Å². The van der Waals surface area contributed by atoms with Crippen molar-refractivity contribution < 1.29 is 9.72 Å². The van der Waals surface area contributed by atoms with E-state index in [0.717, 1.165) is 10.0 Å². The Bertz CT molecular complexity index is 939. The van der Waals surface area contributed by atoms with E-state index >= 15 is 0 Å². The number of halogens is 1. The van der Waals surface area contributed by atoms with Gasteiger partial charge in [0.15, 0.2) is 5.13 Å². The number of non-ortho nitro benzene ring substituents is 1. The second kappa shape index (κ2) is 6.05. The first-order valence-electron chi connectivity index (χ1n) is 6.57. The zero-order valence-corrected chi connectivity index (χ0v) is 14.3. The Balaban J connectivity index is 1.90. The van der Waals surface area contributed by atoms with E-state index in [0.29, 0.717) is 20.9 Å². The van der Waals surface area contributed by atoms with Gasteiger partial charge in [0.25, 0.3) is 11.6 Å². The van der Waals surface area contributed by atoms with E-state index in [2.05, 4.69) is 26.2 Å². The van der Waals surface area contributed by atoms with E-state index < -0.39 is 4.92 Å². The van der Waals surface area contributed by atoms with E-state index in [4.69, 9.17) is 0 Å². The lowest BCUT2D eigenvalue weighted by atomic mass is 10.1. The maximum atomic E-state index is 12.4. The average molecular weight is 392 g/mol. The Morgan fingerprint density at radius 3 is 2.87 bits per heavy atom. The topological polar surface area (TPSA) is 85.1 Å². The summed E-state index contributed by atoms with van der Waals surface area (Å²) >= 11 is 4.60. The summed E-state index contributed by atoms with van der Waals surface area (Å²) in [7, 11) is 0. The monoisotopic (exact) mass is 391 g/mol. The van der Waals surface area contributed by atoms with E-state index in [1.807, 2.05) is 13.0 Å². The van der Waals surface area contributed by atoms with E-state index in [-0.39, 0.29) is 11.6 Å². The molecule has 0 aliphatic carbocycles. The van der Waals surface area contributed by atoms with Crippen LogP contribution in [0.3, 0.4) is 0 Å². The molecule has 0 unspecified atom stereocenters. The van der Waals surface area contributed by atoms with Crippen LogP contribution in [0.5, 0.6) is 0 Å². The standard InChI is InChI=1S/C15H10BrN3O3S/c1-8-10(3-2-4-11(8)16)14(20)18-15-17-12-6-5-9(19(21)22)7-13(12)23-15/h2-7H,1H3,(H,17,18,20). The molecule has 6 nitrogen and oxygen atoms in total. The molecule has 1 heterocycles. The van der Waals surface area contributed by atoms with E-state index in [1.165, 1.54) is 23.5 Å². The lowest BCUT2D eigenvalue weighted by molar-refractivity contribution is -0.384. The summed E-state index contributed by atoms with van der Waals surface area (Å²) in [5, 5.41) is 13.9. The summed E-state index contributed by atoms with van der Waals surface area (Å²) < 4.78 is 1.51. The highest BCUT2D eigenvalue weighted by molar-refractivity contribution is 9.10. The van der Waals surface area contributed by atoms with Crippen LogP contribution in [0, 0.1) is 17.0 Å². The predicted octanol–water partition coefficient (Wildman–Crippen LogP) is 4.53. The lowest BCUT2D eigenvalue weighted by Gasteiger charge is -2.06. The molecule has 116 valence electrons.